The Morgan fingerprint density at radius 2 is 1.87 bits per heavy atom. The molecule has 7 nitrogen and oxygen atoms in total. The lowest BCUT2D eigenvalue weighted by molar-refractivity contribution is -0.286. The molecule has 2 aromatic rings. The van der Waals surface area contributed by atoms with E-state index in [1.54, 1.807) is 0 Å². The topological polar surface area (TPSA) is 85.9 Å². The molecule has 0 unspecified atom stereocenters. The Labute approximate surface area is 179 Å². The van der Waals surface area contributed by atoms with E-state index in [-0.39, 0.29) is 47.4 Å². The highest BCUT2D eigenvalue weighted by Gasteiger charge is 2.43. The molecule has 164 valence electrons. The van der Waals surface area contributed by atoms with Gasteiger partial charge in [0, 0.05) is 30.3 Å². The minimum atomic E-state index is -3.77. The molecule has 0 aliphatic carbocycles. The van der Waals surface area contributed by atoms with Crippen molar-refractivity contribution in [1.29, 1.82) is 0 Å². The van der Waals surface area contributed by atoms with Crippen LogP contribution in [0.2, 0.25) is 5.02 Å². The minimum absolute atomic E-state index is 0.0640. The summed E-state index contributed by atoms with van der Waals surface area (Å²) in [4.78, 5) is 24.0. The Bertz CT molecular complexity index is 1030. The molecule has 0 bridgehead atoms. The highest BCUT2D eigenvalue weighted by atomic mass is 35.5. The van der Waals surface area contributed by atoms with Crippen LogP contribution in [-0.2, 0) is 4.79 Å². The first-order valence-electron chi connectivity index (χ1n) is 8.86. The maximum Gasteiger partial charge on any atom is 0.586 e. The van der Waals surface area contributed by atoms with E-state index < -0.39 is 23.9 Å². The van der Waals surface area contributed by atoms with Crippen molar-refractivity contribution >= 4 is 23.4 Å². The van der Waals surface area contributed by atoms with E-state index in [4.69, 9.17) is 16.3 Å². The SMILES string of the molecule is C=C(CCNC(=O)c1ccc2c(c1)OC(F)(F)O2)NC(=O)COc1ccc(Cl)c(F)c1. The summed E-state index contributed by atoms with van der Waals surface area (Å²) in [6.45, 7) is 3.41. The van der Waals surface area contributed by atoms with Gasteiger partial charge in [-0.2, -0.15) is 0 Å². The van der Waals surface area contributed by atoms with Crippen LogP contribution in [0.25, 0.3) is 0 Å². The molecular weight excluding hydrogens is 441 g/mol. The molecular formula is C20H16ClF3N2O5. The van der Waals surface area contributed by atoms with E-state index in [0.29, 0.717) is 5.70 Å². The molecule has 0 saturated carbocycles. The van der Waals surface area contributed by atoms with Gasteiger partial charge in [0.25, 0.3) is 11.8 Å². The Kier molecular flexibility index (Phi) is 6.59. The van der Waals surface area contributed by atoms with E-state index in [0.717, 1.165) is 12.1 Å². The van der Waals surface area contributed by atoms with Gasteiger partial charge < -0.3 is 24.8 Å². The molecule has 0 fully saturated rings. The van der Waals surface area contributed by atoms with Crippen LogP contribution in [0.3, 0.4) is 0 Å². The number of nitrogens with one attached hydrogen (secondary N) is 2. The fourth-order valence-corrected chi connectivity index (χ4v) is 2.65. The van der Waals surface area contributed by atoms with Crippen molar-refractivity contribution in [3.63, 3.8) is 0 Å². The number of halogens is 4. The number of benzene rings is 2. The van der Waals surface area contributed by atoms with Gasteiger partial charge in [-0.05, 0) is 30.3 Å². The molecule has 2 N–H and O–H groups in total. The maximum atomic E-state index is 13.3. The minimum Gasteiger partial charge on any atom is -0.484 e. The summed E-state index contributed by atoms with van der Waals surface area (Å²) in [6, 6.07) is 7.43. The average molecular weight is 457 g/mol. The number of carbonyl (C=O) groups is 2. The van der Waals surface area contributed by atoms with Gasteiger partial charge in [0.2, 0.25) is 0 Å². The second-order valence-electron chi connectivity index (χ2n) is 6.35. The van der Waals surface area contributed by atoms with Gasteiger partial charge >= 0.3 is 6.29 Å². The number of alkyl halides is 2. The van der Waals surface area contributed by atoms with Crippen molar-refractivity contribution in [2.75, 3.05) is 13.2 Å². The van der Waals surface area contributed by atoms with Gasteiger partial charge in [0.05, 0.1) is 5.02 Å². The van der Waals surface area contributed by atoms with Crippen molar-refractivity contribution in [2.24, 2.45) is 0 Å². The van der Waals surface area contributed by atoms with Gasteiger partial charge in [-0.15, -0.1) is 8.78 Å². The van der Waals surface area contributed by atoms with Crippen LogP contribution in [0.1, 0.15) is 16.8 Å². The quantitative estimate of drug-likeness (QED) is 0.633. The first-order chi connectivity index (χ1) is 14.6. The largest absolute Gasteiger partial charge is 0.586 e. The first-order valence-corrected chi connectivity index (χ1v) is 9.24. The van der Waals surface area contributed by atoms with Crippen molar-refractivity contribution in [2.45, 2.75) is 12.7 Å². The molecule has 3 rings (SSSR count). The number of ether oxygens (including phenoxy) is 3. The van der Waals surface area contributed by atoms with Gasteiger partial charge in [-0.1, -0.05) is 18.2 Å². The lowest BCUT2D eigenvalue weighted by Gasteiger charge is -2.11. The molecule has 0 spiro atoms. The van der Waals surface area contributed by atoms with Gasteiger partial charge in [-0.3, -0.25) is 9.59 Å². The van der Waals surface area contributed by atoms with Crippen LogP contribution >= 0.6 is 11.6 Å². The summed E-state index contributed by atoms with van der Waals surface area (Å²) in [7, 11) is 0. The van der Waals surface area contributed by atoms with Crippen molar-refractivity contribution in [3.8, 4) is 17.2 Å². The van der Waals surface area contributed by atoms with Gasteiger partial charge in [-0.25, -0.2) is 4.39 Å². The lowest BCUT2D eigenvalue weighted by Crippen LogP contribution is -2.31. The molecule has 2 aromatic carbocycles. The molecule has 31 heavy (non-hydrogen) atoms. The van der Waals surface area contributed by atoms with Crippen molar-refractivity contribution in [3.05, 3.63) is 65.1 Å². The van der Waals surface area contributed by atoms with Crippen LogP contribution in [0, 0.1) is 5.82 Å². The molecule has 0 saturated heterocycles. The standard InChI is InChI=1S/C20H16ClF3N2O5/c1-11(26-18(27)10-29-13-3-4-14(21)15(22)9-13)6-7-25-19(28)12-2-5-16-17(8-12)31-20(23,24)30-16/h2-5,8-9H,1,6-7,10H2,(H,25,28)(H,26,27). The zero-order chi connectivity index (χ0) is 22.6. The van der Waals surface area contributed by atoms with Crippen molar-refractivity contribution < 1.29 is 37.0 Å². The molecule has 11 heteroatoms. The Morgan fingerprint density at radius 1 is 1.13 bits per heavy atom. The predicted octanol–water partition coefficient (Wildman–Crippen LogP) is 3.63. The third kappa shape index (κ3) is 6.05. The number of rotatable bonds is 8. The Balaban J connectivity index is 1.39. The fraction of sp³-hybridized carbons (Fsp3) is 0.200. The summed E-state index contributed by atoms with van der Waals surface area (Å²) < 4.78 is 53.1. The average Bonchev–Trinajstić information content (AvgIpc) is 3.01. The molecule has 1 aliphatic heterocycles. The van der Waals surface area contributed by atoms with Crippen LogP contribution in [0.4, 0.5) is 13.2 Å². The number of amides is 2. The monoisotopic (exact) mass is 456 g/mol. The zero-order valence-corrected chi connectivity index (χ0v) is 16.6. The van der Waals surface area contributed by atoms with Crippen LogP contribution in [0.5, 0.6) is 17.2 Å². The Morgan fingerprint density at radius 3 is 2.61 bits per heavy atom. The fourth-order valence-electron chi connectivity index (χ4n) is 2.53. The normalized spacial score (nSPS) is 13.4. The number of hydrogen-bond acceptors (Lipinski definition) is 5. The summed E-state index contributed by atoms with van der Waals surface area (Å²) in [5, 5.41) is 4.98. The predicted molar refractivity (Wildman–Crippen MR) is 104 cm³/mol. The van der Waals surface area contributed by atoms with E-state index >= 15 is 0 Å². The van der Waals surface area contributed by atoms with E-state index in [1.165, 1.54) is 24.3 Å². The summed E-state index contributed by atoms with van der Waals surface area (Å²) >= 11 is 5.56. The highest BCUT2D eigenvalue weighted by Crippen LogP contribution is 2.41. The van der Waals surface area contributed by atoms with Crippen LogP contribution in [0.15, 0.2) is 48.7 Å². The molecule has 0 atom stereocenters. The van der Waals surface area contributed by atoms with E-state index in [9.17, 15) is 22.8 Å². The number of hydrogen-bond donors (Lipinski definition) is 2. The molecule has 0 aromatic heterocycles. The summed E-state index contributed by atoms with van der Waals surface area (Å²) in [5.74, 6) is -2.00. The summed E-state index contributed by atoms with van der Waals surface area (Å²) in [5.41, 5.74) is 0.403. The summed E-state index contributed by atoms with van der Waals surface area (Å²) in [6.07, 6.45) is -3.56. The van der Waals surface area contributed by atoms with Crippen LogP contribution < -0.4 is 24.8 Å². The van der Waals surface area contributed by atoms with E-state index in [1.807, 2.05) is 0 Å². The zero-order valence-electron chi connectivity index (χ0n) is 15.8. The molecule has 0 radical (unpaired) electrons. The highest BCUT2D eigenvalue weighted by molar-refractivity contribution is 6.30. The van der Waals surface area contributed by atoms with Gasteiger partial charge in [0.1, 0.15) is 11.6 Å². The Hall–Kier alpha value is -3.40. The first kappa shape index (κ1) is 22.3. The number of fused-ring (bicyclic) bond motifs is 1. The van der Waals surface area contributed by atoms with Gasteiger partial charge in [0.15, 0.2) is 18.1 Å². The third-order valence-electron chi connectivity index (χ3n) is 3.95. The molecule has 2 amide bonds. The van der Waals surface area contributed by atoms with Crippen molar-refractivity contribution in [1.82, 2.24) is 10.6 Å². The number of carbonyl (C=O) groups excluding carboxylic acids is 2. The smallest absolute Gasteiger partial charge is 0.484 e. The molecule has 1 aliphatic rings. The van der Waals surface area contributed by atoms with E-state index in [2.05, 4.69) is 26.7 Å². The second-order valence-corrected chi connectivity index (χ2v) is 6.76. The van der Waals surface area contributed by atoms with Crippen LogP contribution in [-0.4, -0.2) is 31.3 Å². The lowest BCUT2D eigenvalue weighted by atomic mass is 10.2. The second kappa shape index (κ2) is 9.17. The third-order valence-corrected chi connectivity index (χ3v) is 4.26. The molecule has 1 heterocycles. The maximum absolute atomic E-state index is 13.3.